The number of ketones is 2. The summed E-state index contributed by atoms with van der Waals surface area (Å²) < 4.78 is 45.4. The molecule has 6 aliphatic rings. The van der Waals surface area contributed by atoms with Crippen LogP contribution in [0.4, 0.5) is 0 Å². The van der Waals surface area contributed by atoms with Gasteiger partial charge in [-0.1, -0.05) is 82.4 Å². The number of piperidine rings is 2. The van der Waals surface area contributed by atoms with Crippen molar-refractivity contribution in [2.45, 2.75) is 134 Å². The maximum atomic E-state index is 15.2. The highest BCUT2D eigenvalue weighted by Gasteiger charge is 2.55. The summed E-state index contributed by atoms with van der Waals surface area (Å²) in [5.41, 5.74) is 1.06. The number of likely N-dealkylation sites (tertiary alicyclic amines) is 2. The molecule has 1 spiro atoms. The Bertz CT molecular complexity index is 2860. The number of ether oxygens (including phenoxy) is 7. The van der Waals surface area contributed by atoms with Crippen LogP contribution in [0.15, 0.2) is 64.9 Å². The lowest BCUT2D eigenvalue weighted by Crippen LogP contribution is -2.50. The van der Waals surface area contributed by atoms with Crippen LogP contribution in [0.2, 0.25) is 0 Å². The SMILES string of the molecule is COc1c(C)c2c3c4c1C(=O)C(=C1NC5(CCN(CC(C)C)CC5)N=C14)NC(=O)/C(C)=C\C=C\[C@H](C)[C@H](OC)[C@@H](C)[C@@H](OC)[C@@H](C)[C@H](OC(=O)CC(=O)N1CCC([C@@H](OC)c4nccn4C)CC1)[C@H](C)[C@@H](I)/C=C/O[C@@](C)(O2)C3=O. The third-order valence-corrected chi connectivity index (χ3v) is 18.8. The minimum absolute atomic E-state index is 0.00738. The van der Waals surface area contributed by atoms with E-state index in [1.165, 1.54) is 20.3 Å². The van der Waals surface area contributed by atoms with Gasteiger partial charge in [0.05, 0.1) is 48.1 Å². The highest BCUT2D eigenvalue weighted by molar-refractivity contribution is 14.1. The topological polar surface area (TPSA) is 211 Å². The van der Waals surface area contributed by atoms with Gasteiger partial charge in [-0.3, -0.25) is 29.0 Å². The number of carbonyl (C=O) groups excluding carboxylic acids is 5. The number of fused-ring (bicyclic) bond motifs is 3. The molecule has 80 heavy (non-hydrogen) atoms. The summed E-state index contributed by atoms with van der Waals surface area (Å²) in [5.74, 6) is -3.97. The number of nitrogens with one attached hydrogen (secondary N) is 2. The van der Waals surface area contributed by atoms with E-state index in [9.17, 15) is 14.4 Å². The Labute approximate surface area is 484 Å². The number of methoxy groups -OCH3 is 4. The number of carbonyl (C=O) groups is 5. The number of aromatic nitrogens is 2. The summed E-state index contributed by atoms with van der Waals surface area (Å²) in [5, 5.41) is 6.57. The molecular weight excluding hydrogens is 1140 g/mol. The quantitative estimate of drug-likeness (QED) is 0.0954. The van der Waals surface area contributed by atoms with Gasteiger partial charge in [-0.2, -0.15) is 0 Å². The van der Waals surface area contributed by atoms with Crippen molar-refractivity contribution in [2.24, 2.45) is 47.5 Å². The third kappa shape index (κ3) is 11.9. The number of imidazole rings is 1. The van der Waals surface area contributed by atoms with Gasteiger partial charge in [0.2, 0.25) is 11.7 Å². The van der Waals surface area contributed by atoms with Crippen molar-refractivity contribution in [1.82, 2.24) is 30.0 Å². The van der Waals surface area contributed by atoms with E-state index in [1.807, 2.05) is 51.6 Å². The van der Waals surface area contributed by atoms with Crippen molar-refractivity contribution in [3.63, 3.8) is 0 Å². The van der Waals surface area contributed by atoms with Crippen molar-refractivity contribution in [2.75, 3.05) is 61.2 Å². The number of halogens is 1. The largest absolute Gasteiger partial charge is 0.496 e. The Balaban J connectivity index is 1.13. The summed E-state index contributed by atoms with van der Waals surface area (Å²) in [6, 6.07) is 0. The van der Waals surface area contributed by atoms with Crippen LogP contribution in [-0.2, 0) is 45.1 Å². The number of rotatable bonds is 11. The average molecular weight is 1220 g/mol. The van der Waals surface area contributed by atoms with Crippen LogP contribution < -0.4 is 20.1 Å². The van der Waals surface area contributed by atoms with Gasteiger partial charge in [0.1, 0.15) is 47.3 Å². The molecule has 10 atom stereocenters. The van der Waals surface area contributed by atoms with Gasteiger partial charge in [0, 0.05) is 138 Å². The van der Waals surface area contributed by atoms with E-state index in [1.54, 1.807) is 64.5 Å². The fourth-order valence-electron chi connectivity index (χ4n) is 12.9. The van der Waals surface area contributed by atoms with Crippen LogP contribution in [-0.4, -0.2) is 149 Å². The zero-order chi connectivity index (χ0) is 58.1. The van der Waals surface area contributed by atoms with Crippen LogP contribution in [0.25, 0.3) is 0 Å². The second-order valence-corrected chi connectivity index (χ2v) is 24.6. The zero-order valence-corrected chi connectivity index (χ0v) is 51.1. The molecule has 5 aliphatic heterocycles. The zero-order valence-electron chi connectivity index (χ0n) is 49.0. The van der Waals surface area contributed by atoms with E-state index in [4.69, 9.17) is 38.2 Å². The monoisotopic (exact) mass is 1220 g/mol. The van der Waals surface area contributed by atoms with Crippen LogP contribution in [0.3, 0.4) is 0 Å². The molecule has 6 heterocycles. The molecule has 2 amide bonds. The van der Waals surface area contributed by atoms with E-state index in [0.717, 1.165) is 25.5 Å². The first kappa shape index (κ1) is 60.7. The lowest BCUT2D eigenvalue weighted by Gasteiger charge is -2.40. The first-order valence-electron chi connectivity index (χ1n) is 28.1. The molecule has 8 rings (SSSR count). The molecule has 2 N–H and O–H groups in total. The van der Waals surface area contributed by atoms with Gasteiger partial charge in [0.15, 0.2) is 0 Å². The molecule has 436 valence electrons. The molecule has 2 fully saturated rings. The number of aliphatic imine (C=N–C) groups is 1. The van der Waals surface area contributed by atoms with Gasteiger partial charge < -0.3 is 58.2 Å². The molecule has 2 saturated heterocycles. The second kappa shape index (κ2) is 25.0. The predicted octanol–water partition coefficient (Wildman–Crippen LogP) is 7.75. The molecule has 0 radical (unpaired) electrons. The van der Waals surface area contributed by atoms with Gasteiger partial charge >= 0.3 is 11.8 Å². The maximum Gasteiger partial charge on any atom is 0.315 e. The number of hydrogen-bond donors (Lipinski definition) is 2. The minimum atomic E-state index is -1.90. The number of benzene rings is 1. The van der Waals surface area contributed by atoms with Crippen LogP contribution in [0.1, 0.15) is 131 Å². The molecule has 1 aromatic carbocycles. The Morgan fingerprint density at radius 2 is 1.56 bits per heavy atom. The number of hydrogen-bond acceptors (Lipinski definition) is 16. The Morgan fingerprint density at radius 3 is 2.17 bits per heavy atom. The van der Waals surface area contributed by atoms with Crippen molar-refractivity contribution < 1.29 is 57.1 Å². The fourth-order valence-corrected chi connectivity index (χ4v) is 13.5. The Kier molecular flexibility index (Phi) is 18.9. The van der Waals surface area contributed by atoms with E-state index in [-0.39, 0.29) is 67.6 Å². The summed E-state index contributed by atoms with van der Waals surface area (Å²) in [7, 11) is 8.32. The molecule has 20 heteroatoms. The van der Waals surface area contributed by atoms with E-state index < -0.39 is 71.5 Å². The standard InChI is InChI=1S/C60H82IN7O12/c1-32(2)31-67-26-21-60(22-27-67)64-46-43-44-49(71)48(47(46)65-60)63-58(73)34(4)17-15-16-33(3)50(74-11)36(6)51(75-12)37(7)52(35(5)40(61)20-29-78-59(9)56(72)45(43)54(80-59)38(8)53(44)76-13)79-42(70)30-41(69)68-24-18-39(19-25-68)55(77-14)57-62-23-28-66(57)10/h15-17,20,23,28-29,32-33,35-37,39-40,50-52,55,65H,18-19,21-22,24-27,30-31H2,1-14H3,(H,63,73)/b16-15+,29-20+,34-17-/t33-,35+,36+,37+,40-,50-,51+,52+,55+,59-/m0/s1. The van der Waals surface area contributed by atoms with Crippen LogP contribution in [0.5, 0.6) is 11.5 Å². The number of esters is 1. The molecule has 1 aromatic heterocycles. The van der Waals surface area contributed by atoms with Crippen molar-refractivity contribution >= 4 is 57.7 Å². The molecule has 19 nitrogen and oxygen atoms in total. The van der Waals surface area contributed by atoms with Crippen molar-refractivity contribution in [3.05, 3.63) is 88.0 Å². The molecule has 1 aliphatic carbocycles. The summed E-state index contributed by atoms with van der Waals surface area (Å²) in [6.07, 6.45) is 12.5. The summed E-state index contributed by atoms with van der Waals surface area (Å²) in [4.78, 5) is 86.7. The van der Waals surface area contributed by atoms with Gasteiger partial charge in [-0.25, -0.2) is 4.98 Å². The molecular formula is C60H82IN7O12. The van der Waals surface area contributed by atoms with Crippen molar-refractivity contribution in [1.29, 1.82) is 0 Å². The molecule has 0 unspecified atom stereocenters. The third-order valence-electron chi connectivity index (χ3n) is 17.3. The minimum Gasteiger partial charge on any atom is -0.496 e. The predicted molar refractivity (Wildman–Crippen MR) is 309 cm³/mol. The summed E-state index contributed by atoms with van der Waals surface area (Å²) >= 11 is 2.27. The normalized spacial score (nSPS) is 30.4. The second-order valence-electron chi connectivity index (χ2n) is 23.2. The number of alkyl halides is 1. The van der Waals surface area contributed by atoms with Gasteiger partial charge in [-0.05, 0) is 44.6 Å². The lowest BCUT2D eigenvalue weighted by atomic mass is 9.78. The highest BCUT2D eigenvalue weighted by atomic mass is 127. The maximum absolute atomic E-state index is 15.2. The molecule has 0 saturated carbocycles. The Morgan fingerprint density at radius 1 is 0.887 bits per heavy atom. The molecule has 2 aromatic rings. The van der Waals surface area contributed by atoms with E-state index in [2.05, 4.69) is 57.0 Å². The number of nitrogens with zero attached hydrogens (tertiary/aromatic N) is 5. The lowest BCUT2D eigenvalue weighted by molar-refractivity contribution is -0.164. The smallest absolute Gasteiger partial charge is 0.315 e. The first-order chi connectivity index (χ1) is 38.0. The van der Waals surface area contributed by atoms with E-state index >= 15 is 9.59 Å². The number of Topliss-reactive ketones (excluding diaryl/α,β-unsaturated/α-hetero) is 2. The Hall–Kier alpha value is -5.42. The van der Waals surface area contributed by atoms with Crippen molar-refractivity contribution in [3.8, 4) is 11.5 Å². The highest BCUT2D eigenvalue weighted by Crippen LogP contribution is 2.51. The van der Waals surface area contributed by atoms with Crippen LogP contribution in [0, 0.1) is 42.4 Å². The molecule has 5 bridgehead atoms. The van der Waals surface area contributed by atoms with Gasteiger partial charge in [-0.15, -0.1) is 0 Å². The van der Waals surface area contributed by atoms with Crippen LogP contribution >= 0.6 is 22.6 Å². The number of allylic oxidation sites excluding steroid dienone is 5. The first-order valence-corrected chi connectivity index (χ1v) is 29.3. The number of aryl methyl sites for hydroxylation is 1. The summed E-state index contributed by atoms with van der Waals surface area (Å²) in [6.45, 7) is 20.6. The average Bonchev–Trinajstić information content (AvgIpc) is 4.10. The van der Waals surface area contributed by atoms with Gasteiger partial charge in [0.25, 0.3) is 11.7 Å². The fraction of sp³-hybridized carbons (Fsp3) is 0.617. The number of amides is 2. The van der Waals surface area contributed by atoms with E-state index in [0.29, 0.717) is 67.2 Å².